The summed E-state index contributed by atoms with van der Waals surface area (Å²) in [6, 6.07) is -3.04. The maximum absolute atomic E-state index is 13.5. The third kappa shape index (κ3) is 7.37. The molecule has 2 rings (SSSR count). The van der Waals surface area contributed by atoms with Crippen molar-refractivity contribution in [2.45, 2.75) is 103 Å². The van der Waals surface area contributed by atoms with E-state index >= 15 is 0 Å². The van der Waals surface area contributed by atoms with Gasteiger partial charge in [0.15, 0.2) is 0 Å². The molecule has 1 saturated heterocycles. The molecule has 3 unspecified atom stereocenters. The van der Waals surface area contributed by atoms with Gasteiger partial charge in [0.1, 0.15) is 18.4 Å². The largest absolute Gasteiger partial charge is 0.465 e. The number of amides is 3. The highest BCUT2D eigenvalue weighted by molar-refractivity contribution is 5.93. The van der Waals surface area contributed by atoms with Crippen LogP contribution >= 0.6 is 0 Å². The standard InChI is InChI=1S/C23H37F2N3O5/c1-21(2,3)17(27-20(32)33)19(31)28-14-23(9-6-5-7-10-23)12-16(28)18(30)26-15(13-29)8-11-22(4,24)25/h13,15-17,27H,5-12,14H2,1-4H3,(H,26,30)(H,32,33). The molecule has 1 aliphatic heterocycles. The number of nitrogens with zero attached hydrogens (tertiary/aromatic N) is 1. The fraction of sp³-hybridized carbons (Fsp3) is 0.826. The lowest BCUT2D eigenvalue weighted by atomic mass is 9.72. The van der Waals surface area contributed by atoms with Crippen molar-refractivity contribution < 1.29 is 33.1 Å². The Kier molecular flexibility index (Phi) is 8.46. The zero-order valence-corrected chi connectivity index (χ0v) is 20.0. The molecule has 3 atom stereocenters. The molecule has 1 saturated carbocycles. The highest BCUT2D eigenvalue weighted by atomic mass is 19.3. The molecule has 1 heterocycles. The number of rotatable bonds is 8. The van der Waals surface area contributed by atoms with Gasteiger partial charge < -0.3 is 25.4 Å². The van der Waals surface area contributed by atoms with Crippen LogP contribution in [-0.2, 0) is 14.4 Å². The van der Waals surface area contributed by atoms with E-state index in [1.807, 2.05) is 0 Å². The average Bonchev–Trinajstić information content (AvgIpc) is 3.06. The molecule has 8 nitrogen and oxygen atoms in total. The Morgan fingerprint density at radius 1 is 1.12 bits per heavy atom. The summed E-state index contributed by atoms with van der Waals surface area (Å²) >= 11 is 0. The van der Waals surface area contributed by atoms with Crippen molar-refractivity contribution in [1.29, 1.82) is 0 Å². The van der Waals surface area contributed by atoms with Gasteiger partial charge in [0.25, 0.3) is 0 Å². The van der Waals surface area contributed by atoms with E-state index in [1.165, 1.54) is 4.90 Å². The fourth-order valence-corrected chi connectivity index (χ4v) is 4.99. The Labute approximate surface area is 193 Å². The smallest absolute Gasteiger partial charge is 0.405 e. The summed E-state index contributed by atoms with van der Waals surface area (Å²) < 4.78 is 26.5. The minimum absolute atomic E-state index is 0.213. The summed E-state index contributed by atoms with van der Waals surface area (Å²) in [5.74, 6) is -4.02. The van der Waals surface area contributed by atoms with Gasteiger partial charge in [0.05, 0.1) is 6.04 Å². The normalized spacial score (nSPS) is 22.5. The van der Waals surface area contributed by atoms with E-state index in [0.717, 1.165) is 39.0 Å². The minimum atomic E-state index is -2.96. The summed E-state index contributed by atoms with van der Waals surface area (Å²) in [5.41, 5.74) is -0.981. The van der Waals surface area contributed by atoms with Crippen LogP contribution in [0.2, 0.25) is 0 Å². The van der Waals surface area contributed by atoms with E-state index in [4.69, 9.17) is 0 Å². The van der Waals surface area contributed by atoms with E-state index in [9.17, 15) is 33.1 Å². The number of hydrogen-bond donors (Lipinski definition) is 3. The van der Waals surface area contributed by atoms with E-state index < -0.39 is 53.8 Å². The minimum Gasteiger partial charge on any atom is -0.465 e. The number of halogens is 2. The third-order valence-electron chi connectivity index (χ3n) is 6.78. The topological polar surface area (TPSA) is 116 Å². The molecule has 2 aliphatic rings. The predicted octanol–water partition coefficient (Wildman–Crippen LogP) is 3.34. The van der Waals surface area contributed by atoms with Crippen molar-refractivity contribution in [3.05, 3.63) is 0 Å². The molecule has 10 heteroatoms. The first kappa shape index (κ1) is 27.0. The van der Waals surface area contributed by atoms with Gasteiger partial charge in [-0.1, -0.05) is 40.0 Å². The molecular weight excluding hydrogens is 436 g/mol. The van der Waals surface area contributed by atoms with Crippen molar-refractivity contribution >= 4 is 24.2 Å². The lowest BCUT2D eigenvalue weighted by Crippen LogP contribution is -2.58. The van der Waals surface area contributed by atoms with Gasteiger partial charge in [0, 0.05) is 13.0 Å². The Morgan fingerprint density at radius 2 is 1.73 bits per heavy atom. The van der Waals surface area contributed by atoms with Crippen molar-refractivity contribution in [2.24, 2.45) is 10.8 Å². The first-order chi connectivity index (χ1) is 15.2. The number of carboxylic acid groups (broad SMARTS) is 1. The zero-order valence-electron chi connectivity index (χ0n) is 20.0. The molecule has 33 heavy (non-hydrogen) atoms. The Balaban J connectivity index is 2.27. The molecule has 3 N–H and O–H groups in total. The summed E-state index contributed by atoms with van der Waals surface area (Å²) in [6.07, 6.45) is 3.49. The number of nitrogens with one attached hydrogen (secondary N) is 2. The number of carbonyl (C=O) groups is 4. The lowest BCUT2D eigenvalue weighted by Gasteiger charge is -2.36. The van der Waals surface area contributed by atoms with Gasteiger partial charge in [0.2, 0.25) is 17.7 Å². The van der Waals surface area contributed by atoms with E-state index in [2.05, 4.69) is 10.6 Å². The number of hydrogen-bond acceptors (Lipinski definition) is 4. The molecular formula is C23H37F2N3O5. The summed E-state index contributed by atoms with van der Waals surface area (Å²) in [6.45, 7) is 6.29. The van der Waals surface area contributed by atoms with Crippen molar-refractivity contribution in [3.8, 4) is 0 Å². The number of carbonyl (C=O) groups excluding carboxylic acids is 3. The summed E-state index contributed by atoms with van der Waals surface area (Å²) in [7, 11) is 0. The van der Waals surface area contributed by atoms with Crippen LogP contribution in [0.4, 0.5) is 13.6 Å². The molecule has 0 aromatic heterocycles. The van der Waals surface area contributed by atoms with Gasteiger partial charge in [-0.3, -0.25) is 9.59 Å². The molecule has 188 valence electrons. The van der Waals surface area contributed by atoms with E-state index in [0.29, 0.717) is 19.3 Å². The summed E-state index contributed by atoms with van der Waals surface area (Å²) in [5, 5.41) is 14.1. The van der Waals surface area contributed by atoms with Crippen molar-refractivity contribution in [1.82, 2.24) is 15.5 Å². The van der Waals surface area contributed by atoms with Crippen LogP contribution in [0.5, 0.6) is 0 Å². The van der Waals surface area contributed by atoms with E-state index in [-0.39, 0.29) is 11.8 Å². The second-order valence-corrected chi connectivity index (χ2v) is 10.9. The van der Waals surface area contributed by atoms with Crippen LogP contribution in [0.15, 0.2) is 0 Å². The third-order valence-corrected chi connectivity index (χ3v) is 6.78. The molecule has 0 aromatic carbocycles. The van der Waals surface area contributed by atoms with Gasteiger partial charge in [-0.15, -0.1) is 0 Å². The highest BCUT2D eigenvalue weighted by Crippen LogP contribution is 2.47. The molecule has 1 spiro atoms. The summed E-state index contributed by atoms with van der Waals surface area (Å²) in [4.78, 5) is 50.9. The zero-order chi connectivity index (χ0) is 25.0. The second-order valence-electron chi connectivity index (χ2n) is 10.9. The van der Waals surface area contributed by atoms with E-state index in [1.54, 1.807) is 20.8 Å². The van der Waals surface area contributed by atoms with Crippen LogP contribution in [0.3, 0.4) is 0 Å². The molecule has 3 amide bonds. The van der Waals surface area contributed by atoms with Crippen molar-refractivity contribution in [2.75, 3.05) is 6.54 Å². The van der Waals surface area contributed by atoms with Gasteiger partial charge in [-0.2, -0.15) is 0 Å². The lowest BCUT2D eigenvalue weighted by molar-refractivity contribution is -0.142. The Morgan fingerprint density at radius 3 is 2.21 bits per heavy atom. The number of alkyl halides is 2. The number of likely N-dealkylation sites (tertiary alicyclic amines) is 1. The Hall–Kier alpha value is -2.26. The van der Waals surface area contributed by atoms with Gasteiger partial charge in [-0.25, -0.2) is 13.6 Å². The average molecular weight is 474 g/mol. The Bertz CT molecular complexity index is 741. The highest BCUT2D eigenvalue weighted by Gasteiger charge is 2.51. The molecule has 1 aliphatic carbocycles. The predicted molar refractivity (Wildman–Crippen MR) is 118 cm³/mol. The molecule has 2 fully saturated rings. The molecule has 0 bridgehead atoms. The first-order valence-corrected chi connectivity index (χ1v) is 11.6. The maximum atomic E-state index is 13.5. The van der Waals surface area contributed by atoms with Crippen LogP contribution < -0.4 is 10.6 Å². The monoisotopic (exact) mass is 473 g/mol. The maximum Gasteiger partial charge on any atom is 0.405 e. The second kappa shape index (κ2) is 10.3. The van der Waals surface area contributed by atoms with Gasteiger partial charge >= 0.3 is 6.09 Å². The number of aldehydes is 1. The quantitative estimate of drug-likeness (QED) is 0.468. The SMILES string of the molecule is CC(F)(F)CCC(C=O)NC(=O)C1CC2(CCCCC2)CN1C(=O)C(NC(=O)O)C(C)(C)C. The van der Waals surface area contributed by atoms with Crippen LogP contribution in [0.1, 0.15) is 79.1 Å². The van der Waals surface area contributed by atoms with Crippen LogP contribution in [0.25, 0.3) is 0 Å². The first-order valence-electron chi connectivity index (χ1n) is 11.6. The molecule has 0 radical (unpaired) electrons. The van der Waals surface area contributed by atoms with Crippen molar-refractivity contribution in [3.63, 3.8) is 0 Å². The van der Waals surface area contributed by atoms with Crippen LogP contribution in [-0.4, -0.2) is 64.8 Å². The fourth-order valence-electron chi connectivity index (χ4n) is 4.99. The van der Waals surface area contributed by atoms with Crippen LogP contribution in [0, 0.1) is 10.8 Å². The van der Waals surface area contributed by atoms with Gasteiger partial charge in [-0.05, 0) is 43.4 Å². The molecule has 0 aromatic rings.